The van der Waals surface area contributed by atoms with E-state index < -0.39 is 5.60 Å². The molecule has 0 aromatic heterocycles. The highest BCUT2D eigenvalue weighted by Gasteiger charge is 2.43. The van der Waals surface area contributed by atoms with Crippen LogP contribution in [0.2, 0.25) is 0 Å². The van der Waals surface area contributed by atoms with Crippen LogP contribution < -0.4 is 10.6 Å². The number of aliphatic hydroxyl groups is 1. The summed E-state index contributed by atoms with van der Waals surface area (Å²) in [6.07, 6.45) is 17.1. The summed E-state index contributed by atoms with van der Waals surface area (Å²) in [4.78, 5) is 6.28. The van der Waals surface area contributed by atoms with Crippen molar-refractivity contribution in [1.29, 1.82) is 0 Å². The Hall–Kier alpha value is -2.27. The van der Waals surface area contributed by atoms with Gasteiger partial charge in [-0.15, -0.1) is 0 Å². The molecule has 0 saturated carbocycles. The average Bonchev–Trinajstić information content (AvgIpc) is 3.17. The molecule has 0 spiro atoms. The minimum atomic E-state index is -1.13. The smallest absolute Gasteiger partial charge is 0.136 e. The normalized spacial score (nSPS) is 19.5. The Balaban J connectivity index is 3.46. The number of nitrogens with one attached hydrogen (secondary N) is 2. The van der Waals surface area contributed by atoms with Crippen molar-refractivity contribution in [2.45, 2.75) is 59.5 Å². The molecular formula is C26H44N4O. The van der Waals surface area contributed by atoms with Crippen LogP contribution in [-0.4, -0.2) is 43.1 Å². The molecule has 5 heteroatoms. The summed E-state index contributed by atoms with van der Waals surface area (Å²) in [6.45, 7) is 15.0. The van der Waals surface area contributed by atoms with E-state index in [1.165, 1.54) is 0 Å². The van der Waals surface area contributed by atoms with Crippen molar-refractivity contribution in [2.75, 3.05) is 20.8 Å². The number of hydrogen-bond donors (Lipinski definition) is 3. The number of aliphatic imine (C=N–C) groups is 1. The minimum absolute atomic E-state index is 0.191. The summed E-state index contributed by atoms with van der Waals surface area (Å²) in [5.41, 5.74) is 1.85. The highest BCUT2D eigenvalue weighted by Crippen LogP contribution is 2.40. The number of rotatable bonds is 13. The van der Waals surface area contributed by atoms with Crippen LogP contribution in [0.25, 0.3) is 0 Å². The van der Waals surface area contributed by atoms with Crippen LogP contribution in [0.15, 0.2) is 64.7 Å². The van der Waals surface area contributed by atoms with E-state index in [0.29, 0.717) is 18.5 Å². The molecule has 0 aliphatic carbocycles. The molecule has 0 bridgehead atoms. The molecule has 1 rings (SSSR count). The second-order valence-electron chi connectivity index (χ2n) is 8.65. The van der Waals surface area contributed by atoms with Crippen LogP contribution in [0.4, 0.5) is 0 Å². The Labute approximate surface area is 190 Å². The standard InChI is InChI=1S/C26H44N4O/c1-9-11-22(14-13-21(5)17-24(28-7)20(3)4)26(31,25-18-29-19-30(25)8)23(12-10-2)15-16-27-6/h10,12,14-18,20-21,23,27,29,31H,7,9,11,13,19H2,1-6,8H3/b12-10?,16-15-,22-14?,24-17+. The zero-order valence-electron chi connectivity index (χ0n) is 20.7. The second-order valence-corrected chi connectivity index (χ2v) is 8.65. The Morgan fingerprint density at radius 3 is 2.58 bits per heavy atom. The lowest BCUT2D eigenvalue weighted by atomic mass is 9.75. The zero-order chi connectivity index (χ0) is 23.4. The van der Waals surface area contributed by atoms with Crippen LogP contribution in [-0.2, 0) is 0 Å². The van der Waals surface area contributed by atoms with E-state index >= 15 is 0 Å². The third-order valence-electron chi connectivity index (χ3n) is 5.70. The summed E-state index contributed by atoms with van der Waals surface area (Å²) in [6, 6.07) is 0. The van der Waals surface area contributed by atoms with Crippen molar-refractivity contribution in [3.8, 4) is 0 Å². The van der Waals surface area contributed by atoms with Crippen LogP contribution in [0.1, 0.15) is 53.9 Å². The van der Waals surface area contributed by atoms with Gasteiger partial charge in [-0.25, -0.2) is 0 Å². The van der Waals surface area contributed by atoms with Gasteiger partial charge in [0.1, 0.15) is 5.60 Å². The van der Waals surface area contributed by atoms with Gasteiger partial charge in [0.25, 0.3) is 0 Å². The van der Waals surface area contributed by atoms with Crippen LogP contribution in [0, 0.1) is 17.8 Å². The summed E-state index contributed by atoms with van der Waals surface area (Å²) in [5, 5.41) is 18.7. The molecule has 0 aromatic carbocycles. The first-order valence-corrected chi connectivity index (χ1v) is 11.5. The van der Waals surface area contributed by atoms with E-state index in [1.54, 1.807) is 0 Å². The lowest BCUT2D eigenvalue weighted by Gasteiger charge is -2.39. The van der Waals surface area contributed by atoms with Crippen molar-refractivity contribution < 1.29 is 5.11 Å². The molecule has 0 radical (unpaired) electrons. The Morgan fingerprint density at radius 2 is 2.10 bits per heavy atom. The van der Waals surface area contributed by atoms with E-state index in [0.717, 1.165) is 36.2 Å². The van der Waals surface area contributed by atoms with E-state index in [1.807, 2.05) is 45.6 Å². The van der Waals surface area contributed by atoms with E-state index in [4.69, 9.17) is 0 Å². The lowest BCUT2D eigenvalue weighted by Crippen LogP contribution is -2.45. The molecule has 0 aromatic rings. The molecule has 3 N–H and O–H groups in total. The molecule has 0 amide bonds. The van der Waals surface area contributed by atoms with Gasteiger partial charge in [-0.1, -0.05) is 64.5 Å². The Morgan fingerprint density at radius 1 is 1.39 bits per heavy atom. The van der Waals surface area contributed by atoms with Gasteiger partial charge in [-0.2, -0.15) is 0 Å². The van der Waals surface area contributed by atoms with E-state index in [-0.39, 0.29) is 5.92 Å². The molecule has 0 saturated heterocycles. The monoisotopic (exact) mass is 428 g/mol. The van der Waals surface area contributed by atoms with Gasteiger partial charge in [-0.05, 0) is 50.1 Å². The third-order valence-corrected chi connectivity index (χ3v) is 5.70. The molecule has 0 fully saturated rings. The van der Waals surface area contributed by atoms with Crippen molar-refractivity contribution in [3.63, 3.8) is 0 Å². The molecule has 3 unspecified atom stereocenters. The van der Waals surface area contributed by atoms with Gasteiger partial charge >= 0.3 is 0 Å². The number of allylic oxidation sites excluding steroid dienone is 4. The maximum Gasteiger partial charge on any atom is 0.136 e. The van der Waals surface area contributed by atoms with Gasteiger partial charge in [0.05, 0.1) is 12.4 Å². The largest absolute Gasteiger partial charge is 0.394 e. The van der Waals surface area contributed by atoms with Crippen LogP contribution in [0.3, 0.4) is 0 Å². The highest BCUT2D eigenvalue weighted by atomic mass is 16.3. The molecule has 1 heterocycles. The van der Waals surface area contributed by atoms with Crippen LogP contribution >= 0.6 is 0 Å². The third kappa shape index (κ3) is 7.13. The lowest BCUT2D eigenvalue weighted by molar-refractivity contribution is 0.0620. The van der Waals surface area contributed by atoms with E-state index in [2.05, 4.69) is 73.2 Å². The molecule has 174 valence electrons. The molecule has 1 aliphatic heterocycles. The maximum atomic E-state index is 12.3. The summed E-state index contributed by atoms with van der Waals surface area (Å²) in [7, 11) is 3.90. The second kappa shape index (κ2) is 13.2. The van der Waals surface area contributed by atoms with Gasteiger partial charge in [-0.3, -0.25) is 4.99 Å². The van der Waals surface area contributed by atoms with E-state index in [9.17, 15) is 5.11 Å². The fraction of sp³-hybridized carbons (Fsp3) is 0.577. The molecular weight excluding hydrogens is 384 g/mol. The quantitative estimate of drug-likeness (QED) is 0.286. The number of nitrogens with zero attached hydrogens (tertiary/aromatic N) is 2. The van der Waals surface area contributed by atoms with Crippen molar-refractivity contribution >= 4 is 6.72 Å². The topological polar surface area (TPSA) is 59.9 Å². The van der Waals surface area contributed by atoms with Gasteiger partial charge < -0.3 is 20.6 Å². The highest BCUT2D eigenvalue weighted by molar-refractivity contribution is 5.38. The first kappa shape index (κ1) is 26.8. The SMILES string of the molecule is C=N/C(=C/C(C)CC=C(CCC)C(O)(C1=CNCN1C)C(C=CC)/C=C\NC)C(C)C. The summed E-state index contributed by atoms with van der Waals surface area (Å²) in [5.74, 6) is 0.466. The Bertz CT molecular complexity index is 717. The zero-order valence-corrected chi connectivity index (χ0v) is 20.7. The van der Waals surface area contributed by atoms with Gasteiger partial charge in [0.2, 0.25) is 0 Å². The molecule has 31 heavy (non-hydrogen) atoms. The van der Waals surface area contributed by atoms with Gasteiger partial charge in [0, 0.05) is 31.9 Å². The van der Waals surface area contributed by atoms with Crippen molar-refractivity contribution in [2.24, 2.45) is 22.7 Å². The van der Waals surface area contributed by atoms with Crippen molar-refractivity contribution in [3.05, 3.63) is 59.7 Å². The molecule has 3 atom stereocenters. The molecule has 1 aliphatic rings. The van der Waals surface area contributed by atoms with Crippen LogP contribution in [0.5, 0.6) is 0 Å². The summed E-state index contributed by atoms with van der Waals surface area (Å²) >= 11 is 0. The number of hydrogen-bond acceptors (Lipinski definition) is 5. The fourth-order valence-corrected chi connectivity index (χ4v) is 4.01. The predicted octanol–water partition coefficient (Wildman–Crippen LogP) is 4.97. The predicted molar refractivity (Wildman–Crippen MR) is 135 cm³/mol. The molecule has 5 nitrogen and oxygen atoms in total. The number of likely N-dealkylation sites (N-methyl/N-ethyl adjacent to an activating group) is 1. The first-order valence-electron chi connectivity index (χ1n) is 11.5. The average molecular weight is 429 g/mol. The fourth-order valence-electron chi connectivity index (χ4n) is 4.01. The summed E-state index contributed by atoms with van der Waals surface area (Å²) < 4.78 is 0. The minimum Gasteiger partial charge on any atom is -0.394 e. The Kier molecular flexibility index (Phi) is 11.4. The van der Waals surface area contributed by atoms with Crippen molar-refractivity contribution in [1.82, 2.24) is 15.5 Å². The maximum absolute atomic E-state index is 12.3. The van der Waals surface area contributed by atoms with Gasteiger partial charge in [0.15, 0.2) is 0 Å². The first-order chi connectivity index (χ1) is 14.8.